The van der Waals surface area contributed by atoms with Crippen LogP contribution in [0.15, 0.2) is 42.6 Å². The SMILES string of the molecule is CCCCCCCCC(=O)N(Cc1cccn1Cc1cccc(C)c1)C(C)C(C)C. The molecule has 0 saturated heterocycles. The number of aromatic nitrogens is 1. The zero-order valence-electron chi connectivity index (χ0n) is 19.9. The quantitative estimate of drug-likeness (QED) is 0.327. The van der Waals surface area contributed by atoms with Crippen LogP contribution in [0.3, 0.4) is 0 Å². The molecule has 2 aromatic rings. The molecule has 1 atom stereocenters. The van der Waals surface area contributed by atoms with Crippen molar-refractivity contribution in [3.63, 3.8) is 0 Å². The second-order valence-corrected chi connectivity index (χ2v) is 9.14. The summed E-state index contributed by atoms with van der Waals surface area (Å²) >= 11 is 0. The minimum absolute atomic E-state index is 0.236. The van der Waals surface area contributed by atoms with E-state index < -0.39 is 0 Å². The summed E-state index contributed by atoms with van der Waals surface area (Å²) < 4.78 is 2.28. The molecular formula is C27H42N2O. The fourth-order valence-corrected chi connectivity index (χ4v) is 3.95. The number of hydrogen-bond donors (Lipinski definition) is 0. The van der Waals surface area contributed by atoms with Crippen molar-refractivity contribution in [2.24, 2.45) is 5.92 Å². The Labute approximate surface area is 184 Å². The smallest absolute Gasteiger partial charge is 0.223 e. The lowest BCUT2D eigenvalue weighted by Crippen LogP contribution is -2.41. The Kier molecular flexibility index (Phi) is 10.2. The molecule has 3 heteroatoms. The van der Waals surface area contributed by atoms with Gasteiger partial charge in [-0.2, -0.15) is 0 Å². The number of carbonyl (C=O) groups excluding carboxylic acids is 1. The molecule has 30 heavy (non-hydrogen) atoms. The topological polar surface area (TPSA) is 25.2 Å². The molecule has 1 unspecified atom stereocenters. The van der Waals surface area contributed by atoms with Gasteiger partial charge in [-0.1, -0.05) is 82.7 Å². The summed E-state index contributed by atoms with van der Waals surface area (Å²) in [4.78, 5) is 15.2. The molecule has 0 N–H and O–H groups in total. The van der Waals surface area contributed by atoms with Gasteiger partial charge in [0.15, 0.2) is 0 Å². The number of unbranched alkanes of at least 4 members (excludes halogenated alkanes) is 5. The van der Waals surface area contributed by atoms with Gasteiger partial charge in [0.05, 0.1) is 6.54 Å². The lowest BCUT2D eigenvalue weighted by Gasteiger charge is -2.32. The molecule has 0 bridgehead atoms. The van der Waals surface area contributed by atoms with Crippen LogP contribution in [0.4, 0.5) is 0 Å². The normalized spacial score (nSPS) is 12.3. The van der Waals surface area contributed by atoms with Crippen LogP contribution in [-0.4, -0.2) is 21.4 Å². The van der Waals surface area contributed by atoms with E-state index in [1.54, 1.807) is 0 Å². The summed E-state index contributed by atoms with van der Waals surface area (Å²) in [5.74, 6) is 0.744. The molecule has 0 aliphatic rings. The van der Waals surface area contributed by atoms with Crippen molar-refractivity contribution >= 4 is 5.91 Å². The maximum absolute atomic E-state index is 13.1. The third-order valence-corrected chi connectivity index (χ3v) is 6.21. The highest BCUT2D eigenvalue weighted by atomic mass is 16.2. The highest BCUT2D eigenvalue weighted by molar-refractivity contribution is 5.76. The van der Waals surface area contributed by atoms with Gasteiger partial charge >= 0.3 is 0 Å². The van der Waals surface area contributed by atoms with E-state index in [0.717, 1.165) is 13.0 Å². The number of carbonyl (C=O) groups is 1. The molecule has 0 fully saturated rings. The first-order valence-corrected chi connectivity index (χ1v) is 11.9. The summed E-state index contributed by atoms with van der Waals surface area (Å²) in [5, 5.41) is 0. The lowest BCUT2D eigenvalue weighted by atomic mass is 10.0. The highest BCUT2D eigenvalue weighted by Gasteiger charge is 2.23. The Balaban J connectivity index is 2.03. The Bertz CT molecular complexity index is 762. The summed E-state index contributed by atoms with van der Waals surface area (Å²) in [6.07, 6.45) is 10.1. The average molecular weight is 411 g/mol. The van der Waals surface area contributed by atoms with Crippen LogP contribution < -0.4 is 0 Å². The van der Waals surface area contributed by atoms with Gasteiger partial charge < -0.3 is 9.47 Å². The van der Waals surface area contributed by atoms with Crippen molar-refractivity contribution in [1.29, 1.82) is 0 Å². The maximum atomic E-state index is 13.1. The Morgan fingerprint density at radius 1 is 1.00 bits per heavy atom. The third kappa shape index (κ3) is 7.66. The molecule has 1 aromatic heterocycles. The lowest BCUT2D eigenvalue weighted by molar-refractivity contribution is -0.135. The van der Waals surface area contributed by atoms with Gasteiger partial charge in [-0.15, -0.1) is 0 Å². The van der Waals surface area contributed by atoms with E-state index >= 15 is 0 Å². The third-order valence-electron chi connectivity index (χ3n) is 6.21. The monoisotopic (exact) mass is 410 g/mol. The van der Waals surface area contributed by atoms with Gasteiger partial charge in [0.25, 0.3) is 0 Å². The average Bonchev–Trinajstić information content (AvgIpc) is 3.14. The number of hydrogen-bond acceptors (Lipinski definition) is 1. The van der Waals surface area contributed by atoms with Crippen LogP contribution in [0, 0.1) is 12.8 Å². The van der Waals surface area contributed by atoms with E-state index in [1.807, 2.05) is 0 Å². The molecule has 0 aliphatic heterocycles. The number of amides is 1. The fourth-order valence-electron chi connectivity index (χ4n) is 3.95. The second kappa shape index (κ2) is 12.6. The molecule has 0 saturated carbocycles. The number of nitrogens with zero attached hydrogens (tertiary/aromatic N) is 2. The Morgan fingerprint density at radius 2 is 1.73 bits per heavy atom. The predicted octanol–water partition coefficient (Wildman–Crippen LogP) is 6.97. The van der Waals surface area contributed by atoms with E-state index in [0.29, 0.717) is 24.8 Å². The summed E-state index contributed by atoms with van der Waals surface area (Å²) in [6, 6.07) is 13.2. The van der Waals surface area contributed by atoms with E-state index in [1.165, 1.54) is 48.9 Å². The summed E-state index contributed by atoms with van der Waals surface area (Å²) in [5.41, 5.74) is 3.79. The first kappa shape index (κ1) is 24.2. The Hall–Kier alpha value is -2.03. The van der Waals surface area contributed by atoms with Crippen molar-refractivity contribution in [1.82, 2.24) is 9.47 Å². The number of rotatable bonds is 13. The van der Waals surface area contributed by atoms with Crippen LogP contribution in [0.5, 0.6) is 0 Å². The minimum Gasteiger partial charge on any atom is -0.345 e. The molecule has 166 valence electrons. The standard InChI is InChI=1S/C27H42N2O/c1-6-7-8-9-10-11-17-27(30)29(24(5)22(2)3)21-26-16-13-18-28(26)20-25-15-12-14-23(4)19-25/h12-16,18-19,22,24H,6-11,17,20-21H2,1-5H3. The molecule has 1 heterocycles. The van der Waals surface area contributed by atoms with Gasteiger partial charge in [0, 0.05) is 30.9 Å². The second-order valence-electron chi connectivity index (χ2n) is 9.14. The number of aryl methyl sites for hydroxylation is 1. The summed E-state index contributed by atoms with van der Waals surface area (Å²) in [6.45, 7) is 12.5. The van der Waals surface area contributed by atoms with Crippen LogP contribution >= 0.6 is 0 Å². The van der Waals surface area contributed by atoms with Crippen molar-refractivity contribution in [3.8, 4) is 0 Å². The van der Waals surface area contributed by atoms with Gasteiger partial charge in [0.1, 0.15) is 0 Å². The van der Waals surface area contributed by atoms with Crippen LogP contribution in [0.25, 0.3) is 0 Å². The first-order valence-electron chi connectivity index (χ1n) is 11.9. The predicted molar refractivity (Wildman–Crippen MR) is 128 cm³/mol. The molecule has 0 spiro atoms. The molecular weight excluding hydrogens is 368 g/mol. The molecule has 3 nitrogen and oxygen atoms in total. The van der Waals surface area contributed by atoms with E-state index in [4.69, 9.17) is 0 Å². The molecule has 1 aromatic carbocycles. The van der Waals surface area contributed by atoms with Crippen molar-refractivity contribution in [2.75, 3.05) is 0 Å². The molecule has 2 rings (SSSR count). The highest BCUT2D eigenvalue weighted by Crippen LogP contribution is 2.19. The van der Waals surface area contributed by atoms with E-state index in [9.17, 15) is 4.79 Å². The fraction of sp³-hybridized carbons (Fsp3) is 0.593. The van der Waals surface area contributed by atoms with Gasteiger partial charge in [-0.05, 0) is 43.9 Å². The maximum Gasteiger partial charge on any atom is 0.223 e. The van der Waals surface area contributed by atoms with Gasteiger partial charge in [-0.25, -0.2) is 0 Å². The molecule has 0 radical (unpaired) electrons. The largest absolute Gasteiger partial charge is 0.345 e. The zero-order valence-corrected chi connectivity index (χ0v) is 19.9. The number of benzene rings is 1. The molecule has 1 amide bonds. The van der Waals surface area contributed by atoms with E-state index in [-0.39, 0.29) is 6.04 Å². The zero-order chi connectivity index (χ0) is 21.9. The summed E-state index contributed by atoms with van der Waals surface area (Å²) in [7, 11) is 0. The van der Waals surface area contributed by atoms with Gasteiger partial charge in [0.2, 0.25) is 5.91 Å². The van der Waals surface area contributed by atoms with Crippen molar-refractivity contribution in [2.45, 2.75) is 98.7 Å². The van der Waals surface area contributed by atoms with Crippen LogP contribution in [-0.2, 0) is 17.9 Å². The van der Waals surface area contributed by atoms with Crippen LogP contribution in [0.2, 0.25) is 0 Å². The molecule has 0 aliphatic carbocycles. The van der Waals surface area contributed by atoms with Crippen LogP contribution in [0.1, 0.15) is 89.5 Å². The Morgan fingerprint density at radius 3 is 2.43 bits per heavy atom. The minimum atomic E-state index is 0.236. The first-order chi connectivity index (χ1) is 14.4. The van der Waals surface area contributed by atoms with Gasteiger partial charge in [-0.3, -0.25) is 4.79 Å². The van der Waals surface area contributed by atoms with Crippen molar-refractivity contribution in [3.05, 3.63) is 59.4 Å². The van der Waals surface area contributed by atoms with Crippen molar-refractivity contribution < 1.29 is 4.79 Å². The van der Waals surface area contributed by atoms with E-state index in [2.05, 4.69) is 86.7 Å².